The summed E-state index contributed by atoms with van der Waals surface area (Å²) in [5, 5.41) is 18.5. The Morgan fingerprint density at radius 1 is 1.40 bits per heavy atom. The van der Waals surface area contributed by atoms with Gasteiger partial charge in [-0.3, -0.25) is 14.8 Å². The predicted octanol–water partition coefficient (Wildman–Crippen LogP) is 3.12. The molecule has 106 valence electrons. The van der Waals surface area contributed by atoms with Crippen LogP contribution < -0.4 is 5.32 Å². The molecule has 2 rings (SSSR count). The van der Waals surface area contributed by atoms with Crippen molar-refractivity contribution in [2.75, 3.05) is 5.32 Å². The van der Waals surface area contributed by atoms with Gasteiger partial charge in [-0.25, -0.2) is 0 Å². The molecule has 0 amide bonds. The van der Waals surface area contributed by atoms with Crippen LogP contribution in [0.25, 0.3) is 0 Å². The minimum Gasteiger partial charge on any atom is -0.378 e. The van der Waals surface area contributed by atoms with Crippen LogP contribution in [0, 0.1) is 24.0 Å². The number of benzene rings is 1. The van der Waals surface area contributed by atoms with Crippen LogP contribution in [0.3, 0.4) is 0 Å². The topological polar surface area (TPSA) is 73.0 Å². The number of hydrogen-bond acceptors (Lipinski definition) is 4. The van der Waals surface area contributed by atoms with Gasteiger partial charge in [0.2, 0.25) is 0 Å². The zero-order valence-electron chi connectivity index (χ0n) is 12.0. The monoisotopic (exact) mass is 274 g/mol. The quantitative estimate of drug-likeness (QED) is 0.686. The number of nitro benzene ring substituents is 1. The Balaban J connectivity index is 2.25. The van der Waals surface area contributed by atoms with Crippen LogP contribution in [0.4, 0.5) is 11.4 Å². The largest absolute Gasteiger partial charge is 0.378 e. The lowest BCUT2D eigenvalue weighted by Gasteiger charge is -2.16. The van der Waals surface area contributed by atoms with Gasteiger partial charge >= 0.3 is 0 Å². The molecule has 0 aliphatic rings. The Labute approximate surface area is 117 Å². The van der Waals surface area contributed by atoms with Gasteiger partial charge in [0.25, 0.3) is 5.69 Å². The molecule has 0 fully saturated rings. The smallest absolute Gasteiger partial charge is 0.271 e. The summed E-state index contributed by atoms with van der Waals surface area (Å²) in [5.74, 6) is 0. The fourth-order valence-corrected chi connectivity index (χ4v) is 2.45. The molecular weight excluding hydrogens is 256 g/mol. The number of aryl methyl sites for hydroxylation is 2. The van der Waals surface area contributed by atoms with Gasteiger partial charge in [-0.2, -0.15) is 5.10 Å². The molecule has 0 saturated carbocycles. The highest BCUT2D eigenvalue weighted by molar-refractivity contribution is 5.52. The van der Waals surface area contributed by atoms with E-state index >= 15 is 0 Å². The maximum Gasteiger partial charge on any atom is 0.271 e. The molecule has 1 aromatic carbocycles. The molecule has 20 heavy (non-hydrogen) atoms. The molecule has 0 bridgehead atoms. The third-order valence-electron chi connectivity index (χ3n) is 3.44. The number of nitrogens with zero attached hydrogens (tertiary/aromatic N) is 3. The second-order valence-electron chi connectivity index (χ2n) is 4.88. The molecule has 0 spiro atoms. The molecule has 0 radical (unpaired) electrons. The molecule has 2 aromatic rings. The summed E-state index contributed by atoms with van der Waals surface area (Å²) in [4.78, 5) is 10.4. The van der Waals surface area contributed by atoms with E-state index in [0.717, 1.165) is 22.6 Å². The number of rotatable bonds is 4. The molecule has 6 heteroatoms. The van der Waals surface area contributed by atoms with Crippen molar-refractivity contribution >= 4 is 11.4 Å². The highest BCUT2D eigenvalue weighted by atomic mass is 16.6. The number of aromatic nitrogens is 2. The van der Waals surface area contributed by atoms with E-state index in [9.17, 15) is 10.1 Å². The molecule has 1 N–H and O–H groups in total. The van der Waals surface area contributed by atoms with E-state index < -0.39 is 4.92 Å². The SMILES string of the molecule is Cc1nn(C)c(C)c1C(C)Nc1cccc([N+](=O)[O-])c1. The van der Waals surface area contributed by atoms with E-state index in [1.807, 2.05) is 38.6 Å². The van der Waals surface area contributed by atoms with E-state index in [4.69, 9.17) is 0 Å². The zero-order chi connectivity index (χ0) is 14.9. The van der Waals surface area contributed by atoms with Crippen LogP contribution >= 0.6 is 0 Å². The van der Waals surface area contributed by atoms with Gasteiger partial charge in [0.1, 0.15) is 0 Å². The Morgan fingerprint density at radius 3 is 2.65 bits per heavy atom. The van der Waals surface area contributed by atoms with E-state index in [2.05, 4.69) is 10.4 Å². The Morgan fingerprint density at radius 2 is 2.10 bits per heavy atom. The maximum absolute atomic E-state index is 10.8. The lowest BCUT2D eigenvalue weighted by atomic mass is 10.1. The molecule has 0 aliphatic heterocycles. The van der Waals surface area contributed by atoms with Gasteiger partial charge in [0, 0.05) is 36.1 Å². The first kappa shape index (κ1) is 14.0. The van der Waals surface area contributed by atoms with E-state index in [1.165, 1.54) is 12.1 Å². The van der Waals surface area contributed by atoms with Crippen LogP contribution in [0.1, 0.15) is 29.9 Å². The molecule has 0 saturated heterocycles. The van der Waals surface area contributed by atoms with Crippen LogP contribution in [0.5, 0.6) is 0 Å². The van der Waals surface area contributed by atoms with Crippen molar-refractivity contribution in [3.8, 4) is 0 Å². The maximum atomic E-state index is 10.8. The van der Waals surface area contributed by atoms with Crippen molar-refractivity contribution in [3.63, 3.8) is 0 Å². The fraction of sp³-hybridized carbons (Fsp3) is 0.357. The highest BCUT2D eigenvalue weighted by Crippen LogP contribution is 2.26. The predicted molar refractivity (Wildman–Crippen MR) is 77.8 cm³/mol. The van der Waals surface area contributed by atoms with E-state index in [1.54, 1.807) is 6.07 Å². The number of non-ortho nitro benzene ring substituents is 1. The van der Waals surface area contributed by atoms with Gasteiger partial charge in [0.05, 0.1) is 16.7 Å². The first-order valence-corrected chi connectivity index (χ1v) is 6.41. The van der Waals surface area contributed by atoms with Crippen molar-refractivity contribution in [1.82, 2.24) is 9.78 Å². The van der Waals surface area contributed by atoms with Crippen molar-refractivity contribution in [1.29, 1.82) is 0 Å². The molecule has 1 aromatic heterocycles. The second-order valence-corrected chi connectivity index (χ2v) is 4.88. The highest BCUT2D eigenvalue weighted by Gasteiger charge is 2.16. The summed E-state index contributed by atoms with van der Waals surface area (Å²) in [6.07, 6.45) is 0. The van der Waals surface area contributed by atoms with Crippen molar-refractivity contribution in [3.05, 3.63) is 51.3 Å². The van der Waals surface area contributed by atoms with Crippen LogP contribution in [-0.4, -0.2) is 14.7 Å². The number of anilines is 1. The van der Waals surface area contributed by atoms with Crippen molar-refractivity contribution < 1.29 is 4.92 Å². The lowest BCUT2D eigenvalue weighted by molar-refractivity contribution is -0.384. The summed E-state index contributed by atoms with van der Waals surface area (Å²) >= 11 is 0. The normalized spacial score (nSPS) is 12.2. The van der Waals surface area contributed by atoms with Gasteiger partial charge in [0.15, 0.2) is 0 Å². The van der Waals surface area contributed by atoms with Crippen molar-refractivity contribution in [2.24, 2.45) is 7.05 Å². The molecule has 0 aliphatic carbocycles. The van der Waals surface area contributed by atoms with Gasteiger partial charge in [-0.1, -0.05) is 6.07 Å². The van der Waals surface area contributed by atoms with Crippen LogP contribution in [0.2, 0.25) is 0 Å². The van der Waals surface area contributed by atoms with Crippen LogP contribution in [0.15, 0.2) is 24.3 Å². The number of hydrogen-bond donors (Lipinski definition) is 1. The van der Waals surface area contributed by atoms with Gasteiger partial charge in [-0.15, -0.1) is 0 Å². The lowest BCUT2D eigenvalue weighted by Crippen LogP contribution is -2.09. The minimum atomic E-state index is -0.392. The molecule has 1 unspecified atom stereocenters. The third kappa shape index (κ3) is 2.64. The standard InChI is InChI=1S/C14H18N4O2/c1-9(14-10(2)16-17(4)11(14)3)15-12-6-5-7-13(8-12)18(19)20/h5-9,15H,1-4H3. The summed E-state index contributed by atoms with van der Waals surface area (Å²) in [6.45, 7) is 6.00. The van der Waals surface area contributed by atoms with E-state index in [-0.39, 0.29) is 11.7 Å². The van der Waals surface area contributed by atoms with Crippen molar-refractivity contribution in [2.45, 2.75) is 26.8 Å². The van der Waals surface area contributed by atoms with Crippen LogP contribution in [-0.2, 0) is 7.05 Å². The Hall–Kier alpha value is -2.37. The molecular formula is C14H18N4O2. The second kappa shape index (κ2) is 5.32. The molecule has 6 nitrogen and oxygen atoms in total. The average Bonchev–Trinajstić information content (AvgIpc) is 2.63. The summed E-state index contributed by atoms with van der Waals surface area (Å²) in [5.41, 5.74) is 4.00. The number of nitro groups is 1. The Bertz CT molecular complexity index is 649. The first-order valence-electron chi connectivity index (χ1n) is 6.41. The zero-order valence-corrected chi connectivity index (χ0v) is 12.0. The van der Waals surface area contributed by atoms with Gasteiger partial charge in [-0.05, 0) is 26.8 Å². The number of nitrogens with one attached hydrogen (secondary N) is 1. The third-order valence-corrected chi connectivity index (χ3v) is 3.44. The molecule has 1 atom stereocenters. The first-order chi connectivity index (χ1) is 9.40. The van der Waals surface area contributed by atoms with E-state index in [0.29, 0.717) is 0 Å². The Kier molecular flexibility index (Phi) is 3.74. The van der Waals surface area contributed by atoms with Gasteiger partial charge < -0.3 is 5.32 Å². The average molecular weight is 274 g/mol. The molecule has 1 heterocycles. The summed E-state index contributed by atoms with van der Waals surface area (Å²) in [6, 6.07) is 6.56. The fourth-order valence-electron chi connectivity index (χ4n) is 2.45. The summed E-state index contributed by atoms with van der Waals surface area (Å²) in [7, 11) is 1.91. The minimum absolute atomic E-state index is 0.0331. The summed E-state index contributed by atoms with van der Waals surface area (Å²) < 4.78 is 1.84.